The van der Waals surface area contributed by atoms with E-state index in [0.717, 1.165) is 16.5 Å². The van der Waals surface area contributed by atoms with Crippen LogP contribution in [-0.2, 0) is 6.61 Å². The summed E-state index contributed by atoms with van der Waals surface area (Å²) in [7, 11) is 0. The Morgan fingerprint density at radius 2 is 1.79 bits per heavy atom. The van der Waals surface area contributed by atoms with Crippen LogP contribution in [0.5, 0.6) is 5.75 Å². The van der Waals surface area contributed by atoms with Crippen LogP contribution >= 0.6 is 11.6 Å². The van der Waals surface area contributed by atoms with Crippen molar-refractivity contribution >= 4 is 34.7 Å². The standard InChI is InChI=1S/C23H17ClN2O3/c24-19-10-4-1-9-18(19)15-28-20-11-5-3-8-17(20)14-25-26-23(27)22-13-16-7-2-6-12-21(16)29-22/h1-14H,15H2,(H,26,27)/b25-14+. The number of halogens is 1. The number of nitrogens with one attached hydrogen (secondary N) is 1. The Labute approximate surface area is 172 Å². The van der Waals surface area contributed by atoms with Gasteiger partial charge in [0.1, 0.15) is 17.9 Å². The molecule has 1 heterocycles. The van der Waals surface area contributed by atoms with Gasteiger partial charge in [0.2, 0.25) is 0 Å². The Kier molecular flexibility index (Phi) is 5.59. The number of ether oxygens (including phenoxy) is 1. The van der Waals surface area contributed by atoms with Crippen LogP contribution in [0.1, 0.15) is 21.7 Å². The van der Waals surface area contributed by atoms with Crippen LogP contribution in [0.3, 0.4) is 0 Å². The molecule has 1 aromatic heterocycles. The first-order valence-electron chi connectivity index (χ1n) is 8.98. The number of rotatable bonds is 6. The predicted molar refractivity (Wildman–Crippen MR) is 114 cm³/mol. The molecule has 0 aliphatic heterocycles. The van der Waals surface area contributed by atoms with E-state index in [4.69, 9.17) is 20.8 Å². The number of furan rings is 1. The lowest BCUT2D eigenvalue weighted by Crippen LogP contribution is -2.16. The zero-order valence-corrected chi connectivity index (χ0v) is 16.1. The van der Waals surface area contributed by atoms with Crippen molar-refractivity contribution in [3.05, 3.63) is 101 Å². The maximum atomic E-state index is 12.3. The van der Waals surface area contributed by atoms with E-state index in [2.05, 4.69) is 10.5 Å². The summed E-state index contributed by atoms with van der Waals surface area (Å²) in [6.07, 6.45) is 1.53. The number of hydrazone groups is 1. The maximum Gasteiger partial charge on any atom is 0.307 e. The average Bonchev–Trinajstić information content (AvgIpc) is 3.18. The molecule has 3 aromatic carbocycles. The molecule has 144 valence electrons. The highest BCUT2D eigenvalue weighted by Gasteiger charge is 2.11. The van der Waals surface area contributed by atoms with Gasteiger partial charge < -0.3 is 9.15 Å². The second-order valence-corrected chi connectivity index (χ2v) is 6.67. The molecule has 0 bridgehead atoms. The number of hydrogen-bond donors (Lipinski definition) is 1. The number of nitrogens with zero attached hydrogens (tertiary/aromatic N) is 1. The normalized spacial score (nSPS) is 11.1. The molecule has 29 heavy (non-hydrogen) atoms. The second kappa shape index (κ2) is 8.63. The van der Waals surface area contributed by atoms with E-state index in [1.165, 1.54) is 6.21 Å². The Balaban J connectivity index is 1.43. The number of carbonyl (C=O) groups excluding carboxylic acids is 1. The summed E-state index contributed by atoms with van der Waals surface area (Å²) in [6.45, 7) is 0.329. The smallest absolute Gasteiger partial charge is 0.307 e. The summed E-state index contributed by atoms with van der Waals surface area (Å²) in [6, 6.07) is 24.0. The lowest BCUT2D eigenvalue weighted by Gasteiger charge is -2.10. The fraction of sp³-hybridized carbons (Fsp3) is 0.0435. The molecule has 0 aliphatic rings. The molecule has 0 saturated heterocycles. The highest BCUT2D eigenvalue weighted by Crippen LogP contribution is 2.21. The van der Waals surface area contributed by atoms with Gasteiger partial charge in [0.25, 0.3) is 0 Å². The highest BCUT2D eigenvalue weighted by molar-refractivity contribution is 6.31. The van der Waals surface area contributed by atoms with Gasteiger partial charge in [-0.05, 0) is 30.3 Å². The summed E-state index contributed by atoms with van der Waals surface area (Å²) in [5.74, 6) is 0.410. The van der Waals surface area contributed by atoms with Gasteiger partial charge in [-0.1, -0.05) is 60.1 Å². The fourth-order valence-electron chi connectivity index (χ4n) is 2.80. The van der Waals surface area contributed by atoms with E-state index in [0.29, 0.717) is 23.0 Å². The molecule has 4 rings (SSSR count). The molecule has 1 amide bonds. The number of amides is 1. The maximum absolute atomic E-state index is 12.3. The summed E-state index contributed by atoms with van der Waals surface area (Å²) >= 11 is 6.17. The van der Waals surface area contributed by atoms with E-state index < -0.39 is 5.91 Å². The topological polar surface area (TPSA) is 63.8 Å². The number of fused-ring (bicyclic) bond motifs is 1. The third-order valence-electron chi connectivity index (χ3n) is 4.28. The lowest BCUT2D eigenvalue weighted by atomic mass is 10.2. The van der Waals surface area contributed by atoms with Gasteiger partial charge in [-0.3, -0.25) is 4.79 Å². The van der Waals surface area contributed by atoms with Crippen molar-refractivity contribution in [3.63, 3.8) is 0 Å². The second-order valence-electron chi connectivity index (χ2n) is 6.27. The van der Waals surface area contributed by atoms with Crippen molar-refractivity contribution < 1.29 is 13.9 Å². The SMILES string of the molecule is O=C(N/N=C/c1ccccc1OCc1ccccc1Cl)c1cc2ccccc2o1. The molecule has 0 aliphatic carbocycles. The quantitative estimate of drug-likeness (QED) is 0.344. The third kappa shape index (κ3) is 4.47. The van der Waals surface area contributed by atoms with Crippen LogP contribution in [-0.4, -0.2) is 12.1 Å². The molecule has 0 spiro atoms. The van der Waals surface area contributed by atoms with Crippen LogP contribution < -0.4 is 10.2 Å². The van der Waals surface area contributed by atoms with E-state index in [1.807, 2.05) is 72.8 Å². The number of hydrogen-bond acceptors (Lipinski definition) is 4. The summed E-state index contributed by atoms with van der Waals surface area (Å²) < 4.78 is 11.4. The molecular formula is C23H17ClN2O3. The Bertz CT molecular complexity index is 1150. The first-order valence-corrected chi connectivity index (χ1v) is 9.36. The summed E-state index contributed by atoms with van der Waals surface area (Å²) in [5, 5.41) is 5.54. The Hall–Kier alpha value is -3.57. The minimum absolute atomic E-state index is 0.201. The van der Waals surface area contributed by atoms with E-state index in [9.17, 15) is 4.79 Å². The molecule has 0 radical (unpaired) electrons. The van der Waals surface area contributed by atoms with Gasteiger partial charge in [-0.25, -0.2) is 5.43 Å². The lowest BCUT2D eigenvalue weighted by molar-refractivity contribution is 0.0929. The number of carbonyl (C=O) groups is 1. The van der Waals surface area contributed by atoms with Crippen molar-refractivity contribution in [2.75, 3.05) is 0 Å². The van der Waals surface area contributed by atoms with E-state index >= 15 is 0 Å². The van der Waals surface area contributed by atoms with Gasteiger partial charge in [0.05, 0.1) is 6.21 Å². The molecule has 0 unspecified atom stereocenters. The third-order valence-corrected chi connectivity index (χ3v) is 4.65. The number of benzene rings is 3. The zero-order valence-electron chi connectivity index (χ0n) is 15.3. The first kappa shape index (κ1) is 18.8. The molecule has 0 saturated carbocycles. The van der Waals surface area contributed by atoms with Gasteiger partial charge in [0.15, 0.2) is 5.76 Å². The minimum atomic E-state index is -0.424. The minimum Gasteiger partial charge on any atom is -0.488 e. The molecule has 6 heteroatoms. The van der Waals surface area contributed by atoms with Gasteiger partial charge in [-0.15, -0.1) is 0 Å². The molecule has 0 atom stereocenters. The van der Waals surface area contributed by atoms with Crippen LogP contribution in [0.25, 0.3) is 11.0 Å². The van der Waals surface area contributed by atoms with Crippen molar-refractivity contribution in [2.24, 2.45) is 5.10 Å². The van der Waals surface area contributed by atoms with Crippen molar-refractivity contribution in [1.29, 1.82) is 0 Å². The molecule has 5 nitrogen and oxygen atoms in total. The number of para-hydroxylation sites is 2. The largest absolute Gasteiger partial charge is 0.488 e. The van der Waals surface area contributed by atoms with E-state index in [-0.39, 0.29) is 5.76 Å². The molecule has 4 aromatic rings. The molecule has 0 fully saturated rings. The van der Waals surface area contributed by atoms with Crippen molar-refractivity contribution in [2.45, 2.75) is 6.61 Å². The summed E-state index contributed by atoms with van der Waals surface area (Å²) in [4.78, 5) is 12.3. The van der Waals surface area contributed by atoms with Crippen molar-refractivity contribution in [3.8, 4) is 5.75 Å². The Morgan fingerprint density at radius 3 is 2.66 bits per heavy atom. The molecular weight excluding hydrogens is 388 g/mol. The summed E-state index contributed by atoms with van der Waals surface area (Å²) in [5.41, 5.74) is 4.75. The predicted octanol–water partition coefficient (Wildman–Crippen LogP) is 5.43. The van der Waals surface area contributed by atoms with Crippen LogP contribution in [0, 0.1) is 0 Å². The van der Waals surface area contributed by atoms with Crippen LogP contribution in [0.4, 0.5) is 0 Å². The average molecular weight is 405 g/mol. The first-order chi connectivity index (χ1) is 14.2. The van der Waals surface area contributed by atoms with Gasteiger partial charge >= 0.3 is 5.91 Å². The van der Waals surface area contributed by atoms with Gasteiger partial charge in [-0.2, -0.15) is 5.10 Å². The van der Waals surface area contributed by atoms with Crippen LogP contribution in [0.2, 0.25) is 5.02 Å². The fourth-order valence-corrected chi connectivity index (χ4v) is 2.99. The van der Waals surface area contributed by atoms with E-state index in [1.54, 1.807) is 6.07 Å². The zero-order chi connectivity index (χ0) is 20.1. The Morgan fingerprint density at radius 1 is 1.03 bits per heavy atom. The van der Waals surface area contributed by atoms with Gasteiger partial charge in [0, 0.05) is 21.5 Å². The van der Waals surface area contributed by atoms with Crippen molar-refractivity contribution in [1.82, 2.24) is 5.43 Å². The van der Waals surface area contributed by atoms with Crippen LogP contribution in [0.15, 0.2) is 88.4 Å². The highest BCUT2D eigenvalue weighted by atomic mass is 35.5. The monoisotopic (exact) mass is 404 g/mol. The molecule has 1 N–H and O–H groups in total.